The van der Waals surface area contributed by atoms with Crippen LogP contribution < -0.4 is 5.32 Å². The van der Waals surface area contributed by atoms with Gasteiger partial charge in [-0.1, -0.05) is 6.07 Å². The Morgan fingerprint density at radius 3 is 2.91 bits per heavy atom. The van der Waals surface area contributed by atoms with E-state index in [2.05, 4.69) is 5.32 Å². The summed E-state index contributed by atoms with van der Waals surface area (Å²) in [5, 5.41) is 13.5. The number of fused-ring (bicyclic) bond motifs is 1. The predicted octanol–water partition coefficient (Wildman–Crippen LogP) is 0.633. The zero-order chi connectivity index (χ0) is 16.6. The number of β-lactam (4-membered cyclic amide) rings is 1. The molecule has 2 amide bonds. The highest BCUT2D eigenvalue weighted by Crippen LogP contribution is 2.40. The molecule has 7 nitrogen and oxygen atoms in total. The second-order valence-corrected chi connectivity index (χ2v) is 7.13. The average Bonchev–Trinajstić information content (AvgIpc) is 3.03. The number of hydrogen-bond acceptors (Lipinski definition) is 6. The first-order chi connectivity index (χ1) is 11.0. The van der Waals surface area contributed by atoms with Crippen LogP contribution in [-0.4, -0.2) is 52.1 Å². The van der Waals surface area contributed by atoms with Gasteiger partial charge in [0.2, 0.25) is 5.91 Å². The Balaban J connectivity index is 1.69. The van der Waals surface area contributed by atoms with Crippen molar-refractivity contribution in [2.45, 2.75) is 17.8 Å². The van der Waals surface area contributed by atoms with Gasteiger partial charge in [0, 0.05) is 4.88 Å². The van der Waals surface area contributed by atoms with Crippen molar-refractivity contribution in [2.24, 2.45) is 0 Å². The lowest BCUT2D eigenvalue weighted by molar-refractivity contribution is -0.151. The molecule has 1 aromatic heterocycles. The molecule has 2 aliphatic rings. The molecule has 0 spiro atoms. The minimum atomic E-state index is -1.20. The summed E-state index contributed by atoms with van der Waals surface area (Å²) in [5.41, 5.74) is -0.134. The molecule has 1 unspecified atom stereocenters. The summed E-state index contributed by atoms with van der Waals surface area (Å²) in [6, 6.07) is 3.02. The Labute approximate surface area is 140 Å². The molecule has 0 bridgehead atoms. The molecule has 1 saturated heterocycles. The van der Waals surface area contributed by atoms with Crippen molar-refractivity contribution in [1.82, 2.24) is 10.2 Å². The molecule has 1 aromatic rings. The number of methoxy groups -OCH3 is 1. The topological polar surface area (TPSA) is 95.9 Å². The van der Waals surface area contributed by atoms with Crippen LogP contribution in [0, 0.1) is 0 Å². The van der Waals surface area contributed by atoms with Gasteiger partial charge in [-0.2, -0.15) is 0 Å². The standard InChI is InChI=1S/C14H14N2O5S2/c1-21-8-6-23-13-10(12(18)16(13)11(8)14(19)20)15-9(17)5-7-3-2-4-22-7/h2-4,10,13H,5-6H2,1H3,(H,15,17)(H,19,20)/t10?,13-/m1/s1. The number of carbonyl (C=O) groups is 3. The fourth-order valence-electron chi connectivity index (χ4n) is 2.54. The Morgan fingerprint density at radius 2 is 2.30 bits per heavy atom. The molecule has 0 aliphatic carbocycles. The van der Waals surface area contributed by atoms with Crippen LogP contribution in [0.5, 0.6) is 0 Å². The molecule has 122 valence electrons. The number of hydrogen-bond donors (Lipinski definition) is 2. The highest BCUT2D eigenvalue weighted by atomic mass is 32.2. The molecule has 3 rings (SSSR count). The molecule has 0 radical (unpaired) electrons. The van der Waals surface area contributed by atoms with Crippen molar-refractivity contribution in [3.8, 4) is 0 Å². The largest absolute Gasteiger partial charge is 0.498 e. The van der Waals surface area contributed by atoms with Crippen LogP contribution in [0.2, 0.25) is 0 Å². The normalized spacial score (nSPS) is 23.2. The van der Waals surface area contributed by atoms with Gasteiger partial charge in [-0.25, -0.2) is 4.79 Å². The minimum absolute atomic E-state index is 0.134. The Hall–Kier alpha value is -2.00. The van der Waals surface area contributed by atoms with E-state index in [1.54, 1.807) is 0 Å². The van der Waals surface area contributed by atoms with Gasteiger partial charge in [0.15, 0.2) is 5.70 Å². The first-order valence-electron chi connectivity index (χ1n) is 6.79. The van der Waals surface area contributed by atoms with Crippen LogP contribution in [0.1, 0.15) is 4.88 Å². The Kier molecular flexibility index (Phi) is 4.31. The van der Waals surface area contributed by atoms with Crippen molar-refractivity contribution >= 4 is 40.9 Å². The van der Waals surface area contributed by atoms with E-state index in [1.165, 1.54) is 35.1 Å². The van der Waals surface area contributed by atoms with Crippen molar-refractivity contribution in [2.75, 3.05) is 12.9 Å². The van der Waals surface area contributed by atoms with E-state index in [0.717, 1.165) is 4.88 Å². The molecule has 2 N–H and O–H groups in total. The molecule has 1 fully saturated rings. The van der Waals surface area contributed by atoms with Crippen molar-refractivity contribution < 1.29 is 24.2 Å². The molecule has 0 aromatic carbocycles. The van der Waals surface area contributed by atoms with Gasteiger partial charge < -0.3 is 15.2 Å². The third-order valence-corrected chi connectivity index (χ3v) is 5.74. The van der Waals surface area contributed by atoms with E-state index in [0.29, 0.717) is 5.75 Å². The smallest absolute Gasteiger partial charge is 0.356 e. The monoisotopic (exact) mass is 354 g/mol. The summed E-state index contributed by atoms with van der Waals surface area (Å²) >= 11 is 2.85. The van der Waals surface area contributed by atoms with Crippen molar-refractivity contribution in [3.63, 3.8) is 0 Å². The van der Waals surface area contributed by atoms with Gasteiger partial charge in [0.05, 0.1) is 19.3 Å². The maximum atomic E-state index is 12.3. The number of amides is 2. The number of thiophene rings is 1. The zero-order valence-electron chi connectivity index (χ0n) is 12.1. The number of nitrogens with zero attached hydrogens (tertiary/aromatic N) is 1. The third-order valence-electron chi connectivity index (χ3n) is 3.61. The number of ether oxygens (including phenoxy) is 1. The predicted molar refractivity (Wildman–Crippen MR) is 84.7 cm³/mol. The molecule has 9 heteroatoms. The summed E-state index contributed by atoms with van der Waals surface area (Å²) in [6.45, 7) is 0. The fraction of sp³-hybridized carbons (Fsp3) is 0.357. The number of nitrogens with one attached hydrogen (secondary N) is 1. The van der Waals surface area contributed by atoms with Crippen LogP contribution in [0.15, 0.2) is 29.0 Å². The molecule has 23 heavy (non-hydrogen) atoms. The fourth-order valence-corrected chi connectivity index (χ4v) is 4.56. The Morgan fingerprint density at radius 1 is 1.52 bits per heavy atom. The first-order valence-corrected chi connectivity index (χ1v) is 8.72. The van der Waals surface area contributed by atoms with Gasteiger partial charge in [-0.3, -0.25) is 14.5 Å². The summed E-state index contributed by atoms with van der Waals surface area (Å²) in [6.07, 6.45) is 0.212. The van der Waals surface area contributed by atoms with E-state index in [4.69, 9.17) is 4.74 Å². The van der Waals surface area contributed by atoms with Gasteiger partial charge in [-0.15, -0.1) is 23.1 Å². The molecular weight excluding hydrogens is 340 g/mol. The van der Waals surface area contributed by atoms with Gasteiger partial charge in [0.25, 0.3) is 5.91 Å². The number of rotatable bonds is 5. The van der Waals surface area contributed by atoms with Crippen molar-refractivity contribution in [1.29, 1.82) is 0 Å². The molecule has 3 heterocycles. The number of aliphatic carboxylic acids is 1. The second kappa shape index (κ2) is 6.25. The maximum Gasteiger partial charge on any atom is 0.356 e. The van der Waals surface area contributed by atoms with Gasteiger partial charge in [-0.05, 0) is 11.4 Å². The van der Waals surface area contributed by atoms with Crippen LogP contribution in [0.4, 0.5) is 0 Å². The van der Waals surface area contributed by atoms with Crippen LogP contribution >= 0.6 is 23.1 Å². The lowest BCUT2D eigenvalue weighted by Crippen LogP contribution is -2.70. The summed E-state index contributed by atoms with van der Waals surface area (Å²) in [4.78, 5) is 37.8. The first kappa shape index (κ1) is 15.9. The van der Waals surface area contributed by atoms with Crippen LogP contribution in [-0.2, 0) is 25.5 Å². The van der Waals surface area contributed by atoms with Crippen LogP contribution in [0.25, 0.3) is 0 Å². The second-order valence-electron chi connectivity index (χ2n) is 4.99. The minimum Gasteiger partial charge on any atom is -0.498 e. The van der Waals surface area contributed by atoms with E-state index in [-0.39, 0.29) is 23.8 Å². The van der Waals surface area contributed by atoms with E-state index in [1.807, 2.05) is 17.5 Å². The average molecular weight is 354 g/mol. The van der Waals surface area contributed by atoms with Crippen LogP contribution in [0.3, 0.4) is 0 Å². The van der Waals surface area contributed by atoms with Crippen molar-refractivity contribution in [3.05, 3.63) is 33.8 Å². The molecular formula is C14H14N2O5S2. The summed E-state index contributed by atoms with van der Waals surface area (Å²) in [5.74, 6) is -1.26. The van der Waals surface area contributed by atoms with E-state index in [9.17, 15) is 19.5 Å². The molecule has 2 aliphatic heterocycles. The number of carboxylic acid groups (broad SMARTS) is 1. The number of carbonyl (C=O) groups excluding carboxylic acids is 2. The molecule has 0 saturated carbocycles. The summed E-state index contributed by atoms with van der Waals surface area (Å²) < 4.78 is 5.05. The summed E-state index contributed by atoms with van der Waals surface area (Å²) in [7, 11) is 1.38. The quantitative estimate of drug-likeness (QED) is 0.753. The lowest BCUT2D eigenvalue weighted by atomic mass is 10.0. The maximum absolute atomic E-state index is 12.3. The highest BCUT2D eigenvalue weighted by molar-refractivity contribution is 8.00. The lowest BCUT2D eigenvalue weighted by Gasteiger charge is -2.48. The van der Waals surface area contributed by atoms with E-state index < -0.39 is 23.3 Å². The Bertz CT molecular complexity index is 685. The van der Waals surface area contributed by atoms with Gasteiger partial charge in [0.1, 0.15) is 17.2 Å². The van der Waals surface area contributed by atoms with Gasteiger partial charge >= 0.3 is 5.97 Å². The third kappa shape index (κ3) is 2.81. The van der Waals surface area contributed by atoms with E-state index >= 15 is 0 Å². The highest BCUT2D eigenvalue weighted by Gasteiger charge is 2.54. The number of thioether (sulfide) groups is 1. The number of carboxylic acids is 1. The SMILES string of the molecule is COC1=C(C(=O)O)N2C(=O)C(NC(=O)Cc3cccs3)[C@H]2SC1. The molecule has 2 atom stereocenters. The zero-order valence-corrected chi connectivity index (χ0v) is 13.8.